The molecule has 0 fully saturated rings. The van der Waals surface area contributed by atoms with Gasteiger partial charge in [0.25, 0.3) is 0 Å². The number of carbonyl (C=O) groups is 2. The third-order valence-electron chi connectivity index (χ3n) is 7.04. The van der Waals surface area contributed by atoms with E-state index >= 15 is 4.39 Å². The van der Waals surface area contributed by atoms with Crippen molar-refractivity contribution in [2.75, 3.05) is 0 Å². The molecule has 198 valence electrons. The van der Waals surface area contributed by atoms with Gasteiger partial charge in [-0.25, -0.2) is 13.6 Å². The quantitative estimate of drug-likeness (QED) is 0.185. The number of rotatable bonds is 9. The lowest BCUT2D eigenvalue weighted by molar-refractivity contribution is -0.129. The summed E-state index contributed by atoms with van der Waals surface area (Å²) in [7, 11) is 0. The number of nitrogens with zero attached hydrogens (tertiary/aromatic N) is 1. The SMILES string of the molecule is C=CCC(=NC1(C)C=CC(c2ccc(CC)cc2)(c2ccc(F)cc2F)C=C1C(=O)c1ccccc1)C(=O)O. The predicted molar refractivity (Wildman–Crippen MR) is 149 cm³/mol. The molecule has 0 radical (unpaired) electrons. The first kappa shape index (κ1) is 27.6. The summed E-state index contributed by atoms with van der Waals surface area (Å²) in [5.41, 5.74) is -0.417. The minimum absolute atomic E-state index is 0.0121. The molecule has 6 heteroatoms. The molecule has 2 unspecified atom stereocenters. The predicted octanol–water partition coefficient (Wildman–Crippen LogP) is 7.05. The highest BCUT2D eigenvalue weighted by Crippen LogP contribution is 2.45. The van der Waals surface area contributed by atoms with Gasteiger partial charge in [-0.05, 0) is 30.5 Å². The number of allylic oxidation sites excluding steroid dienone is 3. The second-order valence-electron chi connectivity index (χ2n) is 9.63. The lowest BCUT2D eigenvalue weighted by atomic mass is 9.66. The van der Waals surface area contributed by atoms with Gasteiger partial charge in [0.05, 0.1) is 5.41 Å². The summed E-state index contributed by atoms with van der Waals surface area (Å²) in [6, 6.07) is 19.5. The maximum absolute atomic E-state index is 15.5. The first-order valence-corrected chi connectivity index (χ1v) is 12.6. The van der Waals surface area contributed by atoms with E-state index in [-0.39, 0.29) is 29.1 Å². The molecule has 3 aromatic carbocycles. The van der Waals surface area contributed by atoms with E-state index in [0.29, 0.717) is 11.1 Å². The average molecular weight is 526 g/mol. The van der Waals surface area contributed by atoms with Gasteiger partial charge in [0.1, 0.15) is 22.9 Å². The van der Waals surface area contributed by atoms with E-state index in [9.17, 15) is 19.1 Å². The van der Waals surface area contributed by atoms with Gasteiger partial charge < -0.3 is 5.11 Å². The van der Waals surface area contributed by atoms with Crippen LogP contribution < -0.4 is 0 Å². The molecule has 0 bridgehead atoms. The van der Waals surface area contributed by atoms with Crippen LogP contribution in [0.3, 0.4) is 0 Å². The van der Waals surface area contributed by atoms with E-state index < -0.39 is 28.6 Å². The zero-order valence-corrected chi connectivity index (χ0v) is 21.8. The molecule has 0 aromatic heterocycles. The Morgan fingerprint density at radius 2 is 1.69 bits per heavy atom. The lowest BCUT2D eigenvalue weighted by Gasteiger charge is -2.38. The number of carbonyl (C=O) groups excluding carboxylic acids is 1. The van der Waals surface area contributed by atoms with Crippen LogP contribution in [0.1, 0.15) is 47.3 Å². The number of carboxylic acid groups (broad SMARTS) is 1. The number of aliphatic imine (C=N–C) groups is 1. The molecular weight excluding hydrogens is 496 g/mol. The Kier molecular flexibility index (Phi) is 7.86. The summed E-state index contributed by atoms with van der Waals surface area (Å²) in [5.74, 6) is -3.10. The zero-order valence-electron chi connectivity index (χ0n) is 21.8. The van der Waals surface area contributed by atoms with E-state index in [0.717, 1.165) is 18.1 Å². The van der Waals surface area contributed by atoms with Crippen LogP contribution in [0.2, 0.25) is 0 Å². The fourth-order valence-corrected chi connectivity index (χ4v) is 4.88. The van der Waals surface area contributed by atoms with Crippen molar-refractivity contribution in [1.29, 1.82) is 0 Å². The van der Waals surface area contributed by atoms with Crippen LogP contribution in [0.5, 0.6) is 0 Å². The van der Waals surface area contributed by atoms with Gasteiger partial charge in [0, 0.05) is 29.2 Å². The van der Waals surface area contributed by atoms with Gasteiger partial charge >= 0.3 is 5.97 Å². The minimum Gasteiger partial charge on any atom is -0.477 e. The fourth-order valence-electron chi connectivity index (χ4n) is 4.88. The van der Waals surface area contributed by atoms with Crippen LogP contribution in [0.15, 0.2) is 114 Å². The van der Waals surface area contributed by atoms with Gasteiger partial charge in [-0.3, -0.25) is 9.79 Å². The Labute approximate surface area is 226 Å². The second-order valence-corrected chi connectivity index (χ2v) is 9.63. The van der Waals surface area contributed by atoms with Crippen molar-refractivity contribution in [1.82, 2.24) is 0 Å². The molecule has 2 atom stereocenters. The third kappa shape index (κ3) is 5.41. The maximum atomic E-state index is 15.5. The number of benzene rings is 3. The van der Waals surface area contributed by atoms with E-state index in [1.54, 1.807) is 55.5 Å². The first-order chi connectivity index (χ1) is 18.6. The van der Waals surface area contributed by atoms with Gasteiger partial charge in [0.15, 0.2) is 5.78 Å². The Morgan fingerprint density at radius 3 is 2.28 bits per heavy atom. The molecule has 3 aromatic rings. The maximum Gasteiger partial charge on any atom is 0.350 e. The summed E-state index contributed by atoms with van der Waals surface area (Å²) in [6.45, 7) is 7.29. The van der Waals surface area contributed by atoms with E-state index in [1.807, 2.05) is 31.2 Å². The second kappa shape index (κ2) is 11.1. The number of aryl methyl sites for hydroxylation is 1. The Bertz CT molecular complexity index is 1510. The summed E-state index contributed by atoms with van der Waals surface area (Å²) in [5, 5.41) is 9.77. The smallest absolute Gasteiger partial charge is 0.350 e. The highest BCUT2D eigenvalue weighted by molar-refractivity contribution is 6.36. The molecule has 0 heterocycles. The first-order valence-electron chi connectivity index (χ1n) is 12.6. The molecule has 1 aliphatic carbocycles. The molecule has 39 heavy (non-hydrogen) atoms. The molecule has 0 saturated heterocycles. The Balaban J connectivity index is 2.05. The van der Waals surface area contributed by atoms with Crippen molar-refractivity contribution in [2.24, 2.45) is 4.99 Å². The van der Waals surface area contributed by atoms with Crippen LogP contribution in [0.25, 0.3) is 0 Å². The standard InChI is InChI=1S/C33H29F2NO3/c1-4-9-29(31(38)39)36-32(3)18-19-33(24-14-12-22(5-2)13-15-24,26-17-16-25(34)20-28(26)35)21-27(32)30(37)23-10-7-6-8-11-23/h4,6-8,10-21H,1,5,9H2,2-3H3,(H,38,39). The highest BCUT2D eigenvalue weighted by Gasteiger charge is 2.43. The summed E-state index contributed by atoms with van der Waals surface area (Å²) < 4.78 is 29.4. The van der Waals surface area contributed by atoms with Crippen molar-refractivity contribution < 1.29 is 23.5 Å². The number of aliphatic carboxylic acids is 1. The monoisotopic (exact) mass is 525 g/mol. The van der Waals surface area contributed by atoms with Gasteiger partial charge in [-0.1, -0.05) is 91.9 Å². The molecule has 4 rings (SSSR count). The van der Waals surface area contributed by atoms with Crippen LogP contribution in [0, 0.1) is 11.6 Å². The van der Waals surface area contributed by atoms with Crippen molar-refractivity contribution >= 4 is 17.5 Å². The van der Waals surface area contributed by atoms with Crippen molar-refractivity contribution in [3.8, 4) is 0 Å². The van der Waals surface area contributed by atoms with Crippen LogP contribution in [0.4, 0.5) is 8.78 Å². The van der Waals surface area contributed by atoms with Crippen molar-refractivity contribution in [2.45, 2.75) is 37.6 Å². The highest BCUT2D eigenvalue weighted by atomic mass is 19.1. The van der Waals surface area contributed by atoms with E-state index in [2.05, 4.69) is 11.6 Å². The zero-order chi connectivity index (χ0) is 28.2. The summed E-state index contributed by atoms with van der Waals surface area (Å²) >= 11 is 0. The van der Waals surface area contributed by atoms with Crippen molar-refractivity contribution in [3.63, 3.8) is 0 Å². The Hall–Kier alpha value is -4.45. The minimum atomic E-state index is -1.38. The van der Waals surface area contributed by atoms with Crippen LogP contribution >= 0.6 is 0 Å². The molecule has 0 amide bonds. The molecule has 0 saturated carbocycles. The van der Waals surface area contributed by atoms with E-state index in [1.165, 1.54) is 18.2 Å². The number of carboxylic acids is 1. The number of halogens is 2. The number of hydrogen-bond donors (Lipinski definition) is 1. The molecular formula is C33H29F2NO3. The van der Waals surface area contributed by atoms with Gasteiger partial charge in [0.2, 0.25) is 0 Å². The largest absolute Gasteiger partial charge is 0.477 e. The normalized spacial score (nSPS) is 20.8. The van der Waals surface area contributed by atoms with Crippen LogP contribution in [-0.4, -0.2) is 28.1 Å². The molecule has 0 aliphatic heterocycles. The lowest BCUT2D eigenvalue weighted by Crippen LogP contribution is -2.38. The Morgan fingerprint density at radius 1 is 1.00 bits per heavy atom. The summed E-state index contributed by atoms with van der Waals surface area (Å²) in [4.78, 5) is 30.5. The van der Waals surface area contributed by atoms with Gasteiger partial charge in [-0.2, -0.15) is 0 Å². The molecule has 4 nitrogen and oxygen atoms in total. The topological polar surface area (TPSA) is 66.7 Å². The van der Waals surface area contributed by atoms with E-state index in [4.69, 9.17) is 0 Å². The number of ketones is 1. The summed E-state index contributed by atoms with van der Waals surface area (Å²) in [6.07, 6.45) is 7.20. The average Bonchev–Trinajstić information content (AvgIpc) is 2.93. The van der Waals surface area contributed by atoms with Crippen molar-refractivity contribution in [3.05, 3.63) is 143 Å². The number of Topliss-reactive ketones (excluding diaryl/α,β-unsaturated/α-hetero) is 1. The molecule has 0 spiro atoms. The number of hydrogen-bond acceptors (Lipinski definition) is 3. The molecule has 1 aliphatic rings. The third-order valence-corrected chi connectivity index (χ3v) is 7.04. The van der Waals surface area contributed by atoms with Gasteiger partial charge in [-0.15, -0.1) is 6.58 Å². The van der Waals surface area contributed by atoms with Crippen LogP contribution in [-0.2, 0) is 16.6 Å². The fraction of sp³-hybridized carbons (Fsp3) is 0.182. The molecule has 1 N–H and O–H groups in total.